The topological polar surface area (TPSA) is 80.0 Å². The van der Waals surface area contributed by atoms with Crippen molar-refractivity contribution in [1.82, 2.24) is 30.4 Å². The zero-order valence-electron chi connectivity index (χ0n) is 15.0. The van der Waals surface area contributed by atoms with E-state index in [4.69, 9.17) is 0 Å². The maximum Gasteiger partial charge on any atom is 0.192 e. The first-order valence-corrected chi connectivity index (χ1v) is 9.26. The van der Waals surface area contributed by atoms with E-state index in [1.54, 1.807) is 11.3 Å². The number of guanidine groups is 1. The third kappa shape index (κ3) is 5.30. The monoisotopic (exact) mass is 349 g/mol. The van der Waals surface area contributed by atoms with Crippen LogP contribution in [0.2, 0.25) is 0 Å². The number of aliphatic imine (C=N–C) groups is 1. The van der Waals surface area contributed by atoms with Crippen LogP contribution in [-0.2, 0) is 26.6 Å². The normalized spacial score (nSPS) is 11.8. The van der Waals surface area contributed by atoms with Crippen LogP contribution in [0.25, 0.3) is 0 Å². The first-order valence-electron chi connectivity index (χ1n) is 8.44. The van der Waals surface area contributed by atoms with E-state index < -0.39 is 0 Å². The van der Waals surface area contributed by atoms with Gasteiger partial charge in [0.2, 0.25) is 0 Å². The van der Waals surface area contributed by atoms with Gasteiger partial charge in [-0.2, -0.15) is 0 Å². The van der Waals surface area contributed by atoms with Gasteiger partial charge in [0.05, 0.1) is 6.54 Å². The SMILES string of the molecule is CCCCNC(=NCc1nnc(C)n1C)NCc1ncc(CC)s1. The highest BCUT2D eigenvalue weighted by Gasteiger charge is 2.06. The molecule has 0 spiro atoms. The first kappa shape index (κ1) is 18.4. The molecule has 2 N–H and O–H groups in total. The molecule has 7 nitrogen and oxygen atoms in total. The fourth-order valence-corrected chi connectivity index (χ4v) is 2.85. The predicted molar refractivity (Wildman–Crippen MR) is 98.1 cm³/mol. The molecule has 2 rings (SSSR count). The number of rotatable bonds is 8. The summed E-state index contributed by atoms with van der Waals surface area (Å²) in [5.74, 6) is 2.53. The Labute approximate surface area is 147 Å². The molecule has 2 aromatic rings. The second-order valence-corrected chi connectivity index (χ2v) is 6.79. The van der Waals surface area contributed by atoms with Gasteiger partial charge < -0.3 is 15.2 Å². The van der Waals surface area contributed by atoms with Crippen molar-refractivity contribution in [1.29, 1.82) is 0 Å². The minimum absolute atomic E-state index is 0.497. The Hall–Kier alpha value is -1.96. The van der Waals surface area contributed by atoms with Crippen LogP contribution >= 0.6 is 11.3 Å². The van der Waals surface area contributed by atoms with Crippen LogP contribution in [0.1, 0.15) is 48.2 Å². The first-order chi connectivity index (χ1) is 11.6. The third-order valence-electron chi connectivity index (χ3n) is 3.74. The molecule has 24 heavy (non-hydrogen) atoms. The lowest BCUT2D eigenvalue weighted by Crippen LogP contribution is -2.37. The number of unbranched alkanes of at least 4 members (excludes halogenated alkanes) is 1. The average molecular weight is 350 g/mol. The van der Waals surface area contributed by atoms with E-state index in [9.17, 15) is 0 Å². The second-order valence-electron chi connectivity index (χ2n) is 5.60. The third-order valence-corrected chi connectivity index (χ3v) is 4.88. The summed E-state index contributed by atoms with van der Waals surface area (Å²) in [6.45, 7) is 8.34. The van der Waals surface area contributed by atoms with Crippen LogP contribution in [0.4, 0.5) is 0 Å². The zero-order valence-corrected chi connectivity index (χ0v) is 15.8. The van der Waals surface area contributed by atoms with Crippen molar-refractivity contribution in [2.75, 3.05) is 6.54 Å². The molecular formula is C16H27N7S. The average Bonchev–Trinajstić information content (AvgIpc) is 3.18. The van der Waals surface area contributed by atoms with Crippen LogP contribution in [0.5, 0.6) is 0 Å². The van der Waals surface area contributed by atoms with Crippen molar-refractivity contribution < 1.29 is 0 Å². The Kier molecular flexibility index (Phi) is 7.17. The number of thiazole rings is 1. The van der Waals surface area contributed by atoms with Gasteiger partial charge in [-0.05, 0) is 19.8 Å². The van der Waals surface area contributed by atoms with Crippen LogP contribution in [0.15, 0.2) is 11.2 Å². The molecule has 0 bridgehead atoms. The number of aromatic nitrogens is 4. The van der Waals surface area contributed by atoms with Gasteiger partial charge in [0.15, 0.2) is 11.8 Å². The maximum absolute atomic E-state index is 4.63. The maximum atomic E-state index is 4.63. The molecule has 0 saturated heterocycles. The Morgan fingerprint density at radius 1 is 1.29 bits per heavy atom. The summed E-state index contributed by atoms with van der Waals surface area (Å²) in [6, 6.07) is 0. The molecule has 0 aliphatic heterocycles. The van der Waals surface area contributed by atoms with Gasteiger partial charge in [-0.25, -0.2) is 9.98 Å². The smallest absolute Gasteiger partial charge is 0.192 e. The van der Waals surface area contributed by atoms with E-state index >= 15 is 0 Å². The Bertz CT molecular complexity index is 659. The van der Waals surface area contributed by atoms with E-state index in [0.717, 1.165) is 48.4 Å². The van der Waals surface area contributed by atoms with E-state index in [0.29, 0.717) is 13.1 Å². The summed E-state index contributed by atoms with van der Waals surface area (Å²) in [5, 5.41) is 16.0. The Morgan fingerprint density at radius 2 is 2.12 bits per heavy atom. The summed E-state index contributed by atoms with van der Waals surface area (Å²) >= 11 is 1.74. The van der Waals surface area contributed by atoms with Crippen molar-refractivity contribution in [3.8, 4) is 0 Å². The minimum Gasteiger partial charge on any atom is -0.356 e. The van der Waals surface area contributed by atoms with Gasteiger partial charge in [-0.3, -0.25) is 0 Å². The van der Waals surface area contributed by atoms with E-state index in [2.05, 4.69) is 44.7 Å². The molecule has 0 aliphatic rings. The van der Waals surface area contributed by atoms with Crippen molar-refractivity contribution in [3.63, 3.8) is 0 Å². The molecule has 0 saturated carbocycles. The lowest BCUT2D eigenvalue weighted by Gasteiger charge is -2.11. The molecule has 0 amide bonds. The Balaban J connectivity index is 1.97. The van der Waals surface area contributed by atoms with Crippen LogP contribution in [0.3, 0.4) is 0 Å². The molecule has 2 aromatic heterocycles. The number of hydrogen-bond donors (Lipinski definition) is 2. The van der Waals surface area contributed by atoms with Gasteiger partial charge in [0.1, 0.15) is 17.4 Å². The van der Waals surface area contributed by atoms with Crippen molar-refractivity contribution in [3.05, 3.63) is 27.7 Å². The molecule has 2 heterocycles. The molecule has 0 aliphatic carbocycles. The predicted octanol–water partition coefficient (Wildman–Crippen LogP) is 2.18. The van der Waals surface area contributed by atoms with Gasteiger partial charge >= 0.3 is 0 Å². The van der Waals surface area contributed by atoms with Crippen LogP contribution < -0.4 is 10.6 Å². The summed E-state index contributed by atoms with van der Waals surface area (Å²) in [5.41, 5.74) is 0. The second kappa shape index (κ2) is 9.36. The highest BCUT2D eigenvalue weighted by Crippen LogP contribution is 2.12. The molecule has 0 aromatic carbocycles. The number of hydrogen-bond acceptors (Lipinski definition) is 5. The van der Waals surface area contributed by atoms with Crippen LogP contribution in [0, 0.1) is 6.92 Å². The molecule has 0 unspecified atom stereocenters. The molecule has 132 valence electrons. The highest BCUT2D eigenvalue weighted by molar-refractivity contribution is 7.11. The lowest BCUT2D eigenvalue weighted by molar-refractivity contribution is 0.715. The summed E-state index contributed by atoms with van der Waals surface area (Å²) in [7, 11) is 1.96. The Morgan fingerprint density at radius 3 is 2.75 bits per heavy atom. The van der Waals surface area contributed by atoms with E-state index in [-0.39, 0.29) is 0 Å². The van der Waals surface area contributed by atoms with Gasteiger partial charge in [-0.15, -0.1) is 21.5 Å². The zero-order chi connectivity index (χ0) is 17.4. The largest absolute Gasteiger partial charge is 0.356 e. The van der Waals surface area contributed by atoms with Crippen molar-refractivity contribution in [2.24, 2.45) is 12.0 Å². The summed E-state index contributed by atoms with van der Waals surface area (Å²) in [4.78, 5) is 10.4. The quantitative estimate of drug-likeness (QED) is 0.434. The molecule has 0 atom stereocenters. The fourth-order valence-electron chi connectivity index (χ4n) is 2.05. The fraction of sp³-hybridized carbons (Fsp3) is 0.625. The number of aryl methyl sites for hydroxylation is 2. The van der Waals surface area contributed by atoms with Gasteiger partial charge in [0.25, 0.3) is 0 Å². The summed E-state index contributed by atoms with van der Waals surface area (Å²) in [6.07, 6.45) is 5.24. The minimum atomic E-state index is 0.497. The van der Waals surface area contributed by atoms with E-state index in [1.165, 1.54) is 4.88 Å². The van der Waals surface area contributed by atoms with Crippen LogP contribution in [-0.4, -0.2) is 32.3 Å². The standard InChI is InChI=1S/C16H27N7S/c1-5-7-8-17-16(19-10-14-22-21-12(3)23(14)4)20-11-15-18-9-13(6-2)24-15/h9H,5-8,10-11H2,1-4H3,(H2,17,19,20). The highest BCUT2D eigenvalue weighted by atomic mass is 32.1. The molecular weight excluding hydrogens is 322 g/mol. The van der Waals surface area contributed by atoms with Crippen molar-refractivity contribution >= 4 is 17.3 Å². The number of nitrogens with zero attached hydrogens (tertiary/aromatic N) is 5. The van der Waals surface area contributed by atoms with E-state index in [1.807, 2.05) is 24.7 Å². The molecule has 0 radical (unpaired) electrons. The molecule has 0 fully saturated rings. The number of nitrogens with one attached hydrogen (secondary N) is 2. The molecule has 8 heteroatoms. The van der Waals surface area contributed by atoms with Crippen molar-refractivity contribution in [2.45, 2.75) is 53.1 Å². The van der Waals surface area contributed by atoms with Gasteiger partial charge in [-0.1, -0.05) is 20.3 Å². The summed E-state index contributed by atoms with van der Waals surface area (Å²) < 4.78 is 1.96. The van der Waals surface area contributed by atoms with Gasteiger partial charge in [0, 0.05) is 24.7 Å². The lowest BCUT2D eigenvalue weighted by atomic mass is 10.3.